The van der Waals surface area contributed by atoms with Gasteiger partial charge < -0.3 is 14.6 Å². The van der Waals surface area contributed by atoms with Crippen molar-refractivity contribution in [2.24, 2.45) is 5.92 Å². The SMILES string of the molecule is CCS(=O)(=O)NC[C@H]1CC[C@H](Nc2nc(-c3ccccc3OC(F)(F)F)no2)CC1. The summed E-state index contributed by atoms with van der Waals surface area (Å²) in [6, 6.07) is 5.73. The highest BCUT2D eigenvalue weighted by Gasteiger charge is 2.33. The van der Waals surface area contributed by atoms with Gasteiger partial charge in [0.05, 0.1) is 11.3 Å². The molecule has 0 unspecified atom stereocenters. The lowest BCUT2D eigenvalue weighted by molar-refractivity contribution is -0.274. The quantitative estimate of drug-likeness (QED) is 0.636. The smallest absolute Gasteiger partial charge is 0.405 e. The van der Waals surface area contributed by atoms with Gasteiger partial charge in [-0.05, 0) is 50.7 Å². The van der Waals surface area contributed by atoms with Crippen molar-refractivity contribution in [3.63, 3.8) is 0 Å². The number of para-hydroxylation sites is 1. The Hall–Kier alpha value is -2.34. The topological polar surface area (TPSA) is 106 Å². The molecular formula is C18H23F3N4O4S. The summed E-state index contributed by atoms with van der Waals surface area (Å²) in [6.45, 7) is 2.01. The summed E-state index contributed by atoms with van der Waals surface area (Å²) < 4.78 is 72.6. The molecule has 2 aromatic rings. The predicted octanol–water partition coefficient (Wildman–Crippen LogP) is 3.55. The highest BCUT2D eigenvalue weighted by molar-refractivity contribution is 7.89. The second kappa shape index (κ2) is 9.21. The van der Waals surface area contributed by atoms with Gasteiger partial charge in [-0.15, -0.1) is 13.2 Å². The molecule has 12 heteroatoms. The molecule has 0 bridgehead atoms. The molecule has 1 aromatic heterocycles. The molecule has 0 radical (unpaired) electrons. The third kappa shape index (κ3) is 6.33. The lowest BCUT2D eigenvalue weighted by atomic mass is 9.86. The largest absolute Gasteiger partial charge is 0.573 e. The first-order valence-electron chi connectivity index (χ1n) is 9.58. The van der Waals surface area contributed by atoms with E-state index in [-0.39, 0.29) is 35.1 Å². The molecule has 0 atom stereocenters. The summed E-state index contributed by atoms with van der Waals surface area (Å²) in [5.74, 6) is -0.109. The standard InChI is InChI=1S/C18H23F3N4O4S/c1-2-30(26,27)22-11-12-7-9-13(10-8-12)23-17-24-16(25-29-17)14-5-3-4-6-15(14)28-18(19,20)21/h3-6,12-13,22H,2,7-11H2,1H3,(H,23,24,25)/t12-,13-. The van der Waals surface area contributed by atoms with Gasteiger partial charge in [-0.3, -0.25) is 0 Å². The van der Waals surface area contributed by atoms with Crippen molar-refractivity contribution < 1.29 is 30.8 Å². The van der Waals surface area contributed by atoms with Crippen molar-refractivity contribution in [1.29, 1.82) is 0 Å². The minimum absolute atomic E-state index is 0.0139. The third-order valence-electron chi connectivity index (χ3n) is 4.93. The maximum atomic E-state index is 12.6. The van der Waals surface area contributed by atoms with Gasteiger partial charge >= 0.3 is 12.4 Å². The van der Waals surface area contributed by atoms with E-state index in [0.29, 0.717) is 6.54 Å². The fourth-order valence-electron chi connectivity index (χ4n) is 3.29. The van der Waals surface area contributed by atoms with Gasteiger partial charge in [0, 0.05) is 12.6 Å². The Morgan fingerprint density at radius 2 is 1.90 bits per heavy atom. The molecule has 1 aliphatic rings. The van der Waals surface area contributed by atoms with Crippen LogP contribution < -0.4 is 14.8 Å². The van der Waals surface area contributed by atoms with E-state index in [2.05, 4.69) is 24.9 Å². The van der Waals surface area contributed by atoms with E-state index in [0.717, 1.165) is 25.7 Å². The van der Waals surface area contributed by atoms with E-state index in [1.54, 1.807) is 13.0 Å². The van der Waals surface area contributed by atoms with Gasteiger partial charge in [0.1, 0.15) is 5.75 Å². The molecule has 1 fully saturated rings. The van der Waals surface area contributed by atoms with Crippen LogP contribution in [-0.2, 0) is 10.0 Å². The number of nitrogens with zero attached hydrogens (tertiary/aromatic N) is 2. The monoisotopic (exact) mass is 448 g/mol. The number of benzene rings is 1. The van der Waals surface area contributed by atoms with E-state index < -0.39 is 22.1 Å². The van der Waals surface area contributed by atoms with Gasteiger partial charge in [0.25, 0.3) is 0 Å². The van der Waals surface area contributed by atoms with Gasteiger partial charge in [0.15, 0.2) is 0 Å². The Morgan fingerprint density at radius 3 is 2.57 bits per heavy atom. The molecule has 0 spiro atoms. The molecule has 1 saturated carbocycles. The van der Waals surface area contributed by atoms with Crippen molar-refractivity contribution in [3.05, 3.63) is 24.3 Å². The van der Waals surface area contributed by atoms with Crippen LogP contribution in [0.3, 0.4) is 0 Å². The van der Waals surface area contributed by atoms with Crippen LogP contribution in [0.5, 0.6) is 5.75 Å². The number of halogens is 3. The zero-order chi connectivity index (χ0) is 21.8. The van der Waals surface area contributed by atoms with Gasteiger partial charge in [0.2, 0.25) is 15.8 Å². The molecule has 2 N–H and O–H groups in total. The summed E-state index contributed by atoms with van der Waals surface area (Å²) in [4.78, 5) is 4.14. The number of rotatable bonds is 8. The predicted molar refractivity (Wildman–Crippen MR) is 103 cm³/mol. The Balaban J connectivity index is 1.56. The van der Waals surface area contributed by atoms with Crippen LogP contribution in [0.1, 0.15) is 32.6 Å². The van der Waals surface area contributed by atoms with Crippen LogP contribution in [-0.4, -0.2) is 43.3 Å². The molecule has 30 heavy (non-hydrogen) atoms. The molecular weight excluding hydrogens is 425 g/mol. The molecule has 166 valence electrons. The zero-order valence-corrected chi connectivity index (χ0v) is 17.1. The number of anilines is 1. The molecule has 0 amide bonds. The number of aromatic nitrogens is 2. The summed E-state index contributed by atoms with van der Waals surface area (Å²) in [5, 5.41) is 6.85. The van der Waals surface area contributed by atoms with E-state index >= 15 is 0 Å². The molecule has 0 aliphatic heterocycles. The molecule has 1 heterocycles. The first kappa shape index (κ1) is 22.3. The molecule has 1 aromatic carbocycles. The first-order valence-corrected chi connectivity index (χ1v) is 11.2. The summed E-state index contributed by atoms with van der Waals surface area (Å²) >= 11 is 0. The molecule has 3 rings (SSSR count). The zero-order valence-electron chi connectivity index (χ0n) is 16.3. The van der Waals surface area contributed by atoms with Crippen molar-refractivity contribution in [3.8, 4) is 17.1 Å². The molecule has 1 aliphatic carbocycles. The Labute approximate surface area is 172 Å². The van der Waals surface area contributed by atoms with E-state index in [4.69, 9.17) is 4.52 Å². The number of ether oxygens (including phenoxy) is 1. The maximum Gasteiger partial charge on any atom is 0.573 e. The van der Waals surface area contributed by atoms with E-state index in [1.165, 1.54) is 18.2 Å². The number of nitrogens with one attached hydrogen (secondary N) is 2. The van der Waals surface area contributed by atoms with Crippen LogP contribution in [0.25, 0.3) is 11.4 Å². The van der Waals surface area contributed by atoms with Crippen LogP contribution in [0, 0.1) is 5.92 Å². The normalized spacial score (nSPS) is 20.1. The van der Waals surface area contributed by atoms with Gasteiger partial charge in [-0.2, -0.15) is 4.98 Å². The van der Waals surface area contributed by atoms with E-state index in [9.17, 15) is 21.6 Å². The number of alkyl halides is 3. The minimum Gasteiger partial charge on any atom is -0.405 e. The van der Waals surface area contributed by atoms with Gasteiger partial charge in [-0.1, -0.05) is 17.3 Å². The Morgan fingerprint density at radius 1 is 1.20 bits per heavy atom. The average molecular weight is 448 g/mol. The van der Waals surface area contributed by atoms with Crippen LogP contribution in [0.15, 0.2) is 28.8 Å². The maximum absolute atomic E-state index is 12.6. The summed E-state index contributed by atoms with van der Waals surface area (Å²) in [5.41, 5.74) is 0.0681. The lowest BCUT2D eigenvalue weighted by Gasteiger charge is -2.28. The van der Waals surface area contributed by atoms with Crippen molar-refractivity contribution in [2.45, 2.75) is 45.0 Å². The number of sulfonamides is 1. The fraction of sp³-hybridized carbons (Fsp3) is 0.556. The molecule has 8 nitrogen and oxygen atoms in total. The first-order chi connectivity index (χ1) is 14.1. The number of hydrogen-bond acceptors (Lipinski definition) is 7. The minimum atomic E-state index is -4.83. The van der Waals surface area contributed by atoms with E-state index in [1.807, 2.05) is 0 Å². The van der Waals surface area contributed by atoms with Crippen molar-refractivity contribution in [1.82, 2.24) is 14.9 Å². The average Bonchev–Trinajstić information content (AvgIpc) is 3.15. The van der Waals surface area contributed by atoms with Crippen molar-refractivity contribution in [2.75, 3.05) is 17.6 Å². The summed E-state index contributed by atoms with van der Waals surface area (Å²) in [6.07, 6.45) is -1.61. The molecule has 0 saturated heterocycles. The van der Waals surface area contributed by atoms with Crippen LogP contribution >= 0.6 is 0 Å². The summed E-state index contributed by atoms with van der Waals surface area (Å²) in [7, 11) is -3.20. The third-order valence-corrected chi connectivity index (χ3v) is 6.29. The van der Waals surface area contributed by atoms with Crippen LogP contribution in [0.4, 0.5) is 19.2 Å². The highest BCUT2D eigenvalue weighted by Crippen LogP contribution is 2.33. The number of hydrogen-bond donors (Lipinski definition) is 2. The Kier molecular flexibility index (Phi) is 6.86. The second-order valence-electron chi connectivity index (χ2n) is 7.08. The fourth-order valence-corrected chi connectivity index (χ4v) is 3.98. The van der Waals surface area contributed by atoms with Crippen LogP contribution in [0.2, 0.25) is 0 Å². The Bertz CT molecular complexity index is 941. The highest BCUT2D eigenvalue weighted by atomic mass is 32.2. The second-order valence-corrected chi connectivity index (χ2v) is 9.18. The van der Waals surface area contributed by atoms with Gasteiger partial charge in [-0.25, -0.2) is 13.1 Å². The van der Waals surface area contributed by atoms with Crippen molar-refractivity contribution >= 4 is 16.0 Å². The lowest BCUT2D eigenvalue weighted by Crippen LogP contribution is -2.34.